The van der Waals surface area contributed by atoms with Crippen molar-refractivity contribution in [2.45, 2.75) is 38.8 Å². The highest BCUT2D eigenvalue weighted by molar-refractivity contribution is 5.20. The maximum atomic E-state index is 12.6. The lowest BCUT2D eigenvalue weighted by Crippen LogP contribution is -2.14. The largest absolute Gasteiger partial charge is 0.433 e. The molecule has 86 valence electrons. The van der Waals surface area contributed by atoms with E-state index in [2.05, 4.69) is 5.10 Å². The van der Waals surface area contributed by atoms with E-state index in [1.54, 1.807) is 0 Å². The van der Waals surface area contributed by atoms with Crippen LogP contribution < -0.4 is 0 Å². The van der Waals surface area contributed by atoms with Crippen LogP contribution in [0.2, 0.25) is 0 Å². The molecule has 15 heavy (non-hydrogen) atoms. The predicted octanol–water partition coefficient (Wildman–Crippen LogP) is 3.17. The SMILES string of the molecule is CCCCCc1cnn(C)c1C(F)(F)F. The van der Waals surface area contributed by atoms with Crippen LogP contribution in [-0.4, -0.2) is 9.78 Å². The molecule has 0 aliphatic heterocycles. The number of hydrogen-bond donors (Lipinski definition) is 0. The molecule has 1 rings (SSSR count). The summed E-state index contributed by atoms with van der Waals surface area (Å²) in [5, 5.41) is 3.66. The minimum atomic E-state index is -4.30. The summed E-state index contributed by atoms with van der Waals surface area (Å²) >= 11 is 0. The van der Waals surface area contributed by atoms with Gasteiger partial charge in [0, 0.05) is 12.6 Å². The Morgan fingerprint density at radius 1 is 1.33 bits per heavy atom. The van der Waals surface area contributed by atoms with Gasteiger partial charge in [0.05, 0.1) is 6.20 Å². The Bertz CT molecular complexity index is 315. The zero-order chi connectivity index (χ0) is 11.5. The van der Waals surface area contributed by atoms with Gasteiger partial charge in [-0.25, -0.2) is 0 Å². The Morgan fingerprint density at radius 2 is 2.00 bits per heavy atom. The average molecular weight is 220 g/mol. The molecule has 0 N–H and O–H groups in total. The first kappa shape index (κ1) is 12.1. The van der Waals surface area contributed by atoms with Crippen LogP contribution in [0.25, 0.3) is 0 Å². The number of unbranched alkanes of at least 4 members (excludes halogenated alkanes) is 2. The molecule has 0 aliphatic carbocycles. The van der Waals surface area contributed by atoms with Gasteiger partial charge < -0.3 is 0 Å². The highest BCUT2D eigenvalue weighted by atomic mass is 19.4. The van der Waals surface area contributed by atoms with Gasteiger partial charge in [-0.1, -0.05) is 19.8 Å². The first-order chi connectivity index (χ1) is 6.96. The van der Waals surface area contributed by atoms with Crippen molar-refractivity contribution in [1.29, 1.82) is 0 Å². The summed E-state index contributed by atoms with van der Waals surface area (Å²) in [6, 6.07) is 0. The van der Waals surface area contributed by atoms with Crippen LogP contribution in [0.3, 0.4) is 0 Å². The minimum absolute atomic E-state index is 0.304. The van der Waals surface area contributed by atoms with Crippen molar-refractivity contribution in [2.75, 3.05) is 0 Å². The van der Waals surface area contributed by atoms with Gasteiger partial charge in [-0.15, -0.1) is 0 Å². The maximum absolute atomic E-state index is 12.6. The van der Waals surface area contributed by atoms with E-state index in [9.17, 15) is 13.2 Å². The monoisotopic (exact) mass is 220 g/mol. The van der Waals surface area contributed by atoms with Crippen molar-refractivity contribution in [1.82, 2.24) is 9.78 Å². The molecule has 0 saturated carbocycles. The van der Waals surface area contributed by atoms with Gasteiger partial charge in [0.1, 0.15) is 5.69 Å². The summed E-state index contributed by atoms with van der Waals surface area (Å²) in [4.78, 5) is 0. The van der Waals surface area contributed by atoms with Crippen molar-refractivity contribution < 1.29 is 13.2 Å². The van der Waals surface area contributed by atoms with Crippen LogP contribution >= 0.6 is 0 Å². The summed E-state index contributed by atoms with van der Waals surface area (Å²) in [5.74, 6) is 0. The van der Waals surface area contributed by atoms with Crippen LogP contribution in [-0.2, 0) is 19.6 Å². The lowest BCUT2D eigenvalue weighted by Gasteiger charge is -2.09. The fourth-order valence-electron chi connectivity index (χ4n) is 1.60. The Morgan fingerprint density at radius 3 is 2.53 bits per heavy atom. The van der Waals surface area contributed by atoms with Crippen LogP contribution in [0, 0.1) is 0 Å². The van der Waals surface area contributed by atoms with Gasteiger partial charge in [0.15, 0.2) is 0 Å². The van der Waals surface area contributed by atoms with E-state index < -0.39 is 11.9 Å². The third-order valence-electron chi connectivity index (χ3n) is 2.33. The zero-order valence-electron chi connectivity index (χ0n) is 8.93. The van der Waals surface area contributed by atoms with E-state index in [4.69, 9.17) is 0 Å². The first-order valence-electron chi connectivity index (χ1n) is 5.05. The van der Waals surface area contributed by atoms with Gasteiger partial charge in [-0.2, -0.15) is 18.3 Å². The number of hydrogen-bond acceptors (Lipinski definition) is 1. The molecule has 1 aromatic rings. The van der Waals surface area contributed by atoms with Crippen molar-refractivity contribution in [3.63, 3.8) is 0 Å². The zero-order valence-corrected chi connectivity index (χ0v) is 8.93. The summed E-state index contributed by atoms with van der Waals surface area (Å²) < 4.78 is 38.7. The molecule has 0 spiro atoms. The van der Waals surface area contributed by atoms with Crippen molar-refractivity contribution >= 4 is 0 Å². The molecule has 0 fully saturated rings. The fourth-order valence-corrected chi connectivity index (χ4v) is 1.60. The van der Waals surface area contributed by atoms with E-state index in [1.165, 1.54) is 13.2 Å². The molecule has 0 aromatic carbocycles. The fraction of sp³-hybridized carbons (Fsp3) is 0.700. The molecule has 0 saturated heterocycles. The van der Waals surface area contributed by atoms with Gasteiger partial charge >= 0.3 is 6.18 Å². The standard InChI is InChI=1S/C10H15F3N2/c1-3-4-5-6-8-7-14-15(2)9(8)10(11,12)13/h7H,3-6H2,1-2H3. The molecular weight excluding hydrogens is 205 g/mol. The normalized spacial score (nSPS) is 12.1. The average Bonchev–Trinajstić information content (AvgIpc) is 2.47. The van der Waals surface area contributed by atoms with Crippen LogP contribution in [0.5, 0.6) is 0 Å². The van der Waals surface area contributed by atoms with E-state index in [-0.39, 0.29) is 0 Å². The molecule has 5 heteroatoms. The highest BCUT2D eigenvalue weighted by Gasteiger charge is 2.36. The van der Waals surface area contributed by atoms with E-state index in [1.807, 2.05) is 6.92 Å². The Hall–Kier alpha value is -1.00. The second-order valence-corrected chi connectivity index (χ2v) is 3.60. The lowest BCUT2D eigenvalue weighted by molar-refractivity contribution is -0.144. The lowest BCUT2D eigenvalue weighted by atomic mass is 10.1. The second-order valence-electron chi connectivity index (χ2n) is 3.60. The smallest absolute Gasteiger partial charge is 0.263 e. The molecule has 1 heterocycles. The summed E-state index contributed by atoms with van der Waals surface area (Å²) in [6.07, 6.45) is 0.209. The number of nitrogens with zero attached hydrogens (tertiary/aromatic N) is 2. The van der Waals surface area contributed by atoms with Crippen molar-refractivity contribution in [2.24, 2.45) is 7.05 Å². The molecule has 1 aromatic heterocycles. The Kier molecular flexibility index (Phi) is 3.77. The van der Waals surface area contributed by atoms with E-state index >= 15 is 0 Å². The number of aryl methyl sites for hydroxylation is 2. The van der Waals surface area contributed by atoms with Crippen LogP contribution in [0.1, 0.15) is 37.4 Å². The molecular formula is C10H15F3N2. The maximum Gasteiger partial charge on any atom is 0.433 e. The molecule has 2 nitrogen and oxygen atoms in total. The topological polar surface area (TPSA) is 17.8 Å². The number of alkyl halides is 3. The number of halogens is 3. The Balaban J connectivity index is 2.80. The van der Waals surface area contributed by atoms with Gasteiger partial charge in [0.2, 0.25) is 0 Å². The predicted molar refractivity (Wildman–Crippen MR) is 51.4 cm³/mol. The van der Waals surface area contributed by atoms with E-state index in [0.29, 0.717) is 12.0 Å². The van der Waals surface area contributed by atoms with Crippen LogP contribution in [0.15, 0.2) is 6.20 Å². The quantitative estimate of drug-likeness (QED) is 0.712. The van der Waals surface area contributed by atoms with Gasteiger partial charge in [-0.3, -0.25) is 4.68 Å². The number of rotatable bonds is 4. The molecule has 0 amide bonds. The summed E-state index contributed by atoms with van der Waals surface area (Å²) in [6.45, 7) is 2.02. The van der Waals surface area contributed by atoms with Gasteiger partial charge in [0.25, 0.3) is 0 Å². The van der Waals surface area contributed by atoms with Crippen molar-refractivity contribution in [3.8, 4) is 0 Å². The molecule has 0 unspecified atom stereocenters. The Labute approximate surface area is 87.1 Å². The van der Waals surface area contributed by atoms with E-state index in [0.717, 1.165) is 23.9 Å². The minimum Gasteiger partial charge on any atom is -0.263 e. The third-order valence-corrected chi connectivity index (χ3v) is 2.33. The summed E-state index contributed by atoms with van der Waals surface area (Å²) in [7, 11) is 1.33. The van der Waals surface area contributed by atoms with Gasteiger partial charge in [-0.05, 0) is 12.8 Å². The first-order valence-corrected chi connectivity index (χ1v) is 5.05. The second kappa shape index (κ2) is 4.68. The summed E-state index contributed by atoms with van der Waals surface area (Å²) in [5.41, 5.74) is -0.308. The third kappa shape index (κ3) is 2.97. The molecule has 0 bridgehead atoms. The number of aromatic nitrogens is 2. The molecule has 0 aliphatic rings. The van der Waals surface area contributed by atoms with Crippen LogP contribution in [0.4, 0.5) is 13.2 Å². The highest BCUT2D eigenvalue weighted by Crippen LogP contribution is 2.32. The molecule has 0 atom stereocenters. The van der Waals surface area contributed by atoms with Crippen molar-refractivity contribution in [3.05, 3.63) is 17.5 Å². The molecule has 0 radical (unpaired) electrons.